The Balaban J connectivity index is 0.00000220. The number of carbonyl (C=O) groups excluding carboxylic acids is 1. The van der Waals surface area contributed by atoms with Gasteiger partial charge in [0.1, 0.15) is 0 Å². The van der Waals surface area contributed by atoms with Gasteiger partial charge in [-0.1, -0.05) is 19.8 Å². The molecule has 0 aromatic rings. The Kier molecular flexibility index (Phi) is 8.36. The molecule has 2 unspecified atom stereocenters. The molecule has 6 heteroatoms. The predicted molar refractivity (Wildman–Crippen MR) is 97.1 cm³/mol. The fraction of sp³-hybridized carbons (Fsp3) is 0.867. The van der Waals surface area contributed by atoms with E-state index in [2.05, 4.69) is 27.9 Å². The summed E-state index contributed by atoms with van der Waals surface area (Å²) in [6, 6.07) is 0.568. The summed E-state index contributed by atoms with van der Waals surface area (Å²) in [4.78, 5) is 15.9. The molecule has 0 spiro atoms. The van der Waals surface area contributed by atoms with Crippen molar-refractivity contribution < 1.29 is 4.79 Å². The van der Waals surface area contributed by atoms with Gasteiger partial charge in [-0.25, -0.2) is 0 Å². The van der Waals surface area contributed by atoms with Crippen LogP contribution in [0.5, 0.6) is 0 Å². The topological polar surface area (TPSA) is 65.5 Å². The smallest absolute Gasteiger partial charge is 0.220 e. The summed E-state index contributed by atoms with van der Waals surface area (Å²) in [7, 11) is 1.78. The van der Waals surface area contributed by atoms with Gasteiger partial charge in [-0.15, -0.1) is 24.0 Å². The number of halogens is 1. The van der Waals surface area contributed by atoms with Crippen LogP contribution in [0.1, 0.15) is 45.4 Å². The number of nitrogens with one attached hydrogen (secondary N) is 3. The third-order valence-electron chi connectivity index (χ3n) is 4.34. The van der Waals surface area contributed by atoms with Crippen LogP contribution in [0.3, 0.4) is 0 Å². The SMILES string of the molecule is CN=C(NCCNC(=O)CC1CCCC1)NC1CC1C.I. The molecule has 2 aliphatic carbocycles. The summed E-state index contributed by atoms with van der Waals surface area (Å²) in [5.41, 5.74) is 0. The van der Waals surface area contributed by atoms with Crippen molar-refractivity contribution in [3.8, 4) is 0 Å². The predicted octanol–water partition coefficient (Wildman–Crippen LogP) is 1.87. The van der Waals surface area contributed by atoms with Crippen LogP contribution in [0.15, 0.2) is 4.99 Å². The second-order valence-corrected chi connectivity index (χ2v) is 6.17. The molecule has 0 aliphatic heterocycles. The first kappa shape index (κ1) is 18.5. The maximum atomic E-state index is 11.8. The van der Waals surface area contributed by atoms with Crippen LogP contribution in [0.2, 0.25) is 0 Å². The van der Waals surface area contributed by atoms with Crippen molar-refractivity contribution in [2.75, 3.05) is 20.1 Å². The van der Waals surface area contributed by atoms with Gasteiger partial charge in [-0.2, -0.15) is 0 Å². The van der Waals surface area contributed by atoms with Gasteiger partial charge in [0.15, 0.2) is 5.96 Å². The average molecular weight is 408 g/mol. The normalized spacial score (nSPS) is 25.1. The van der Waals surface area contributed by atoms with E-state index in [0.717, 1.165) is 18.4 Å². The lowest BCUT2D eigenvalue weighted by Gasteiger charge is -2.13. The number of hydrogen-bond acceptors (Lipinski definition) is 2. The van der Waals surface area contributed by atoms with Crippen molar-refractivity contribution in [3.63, 3.8) is 0 Å². The van der Waals surface area contributed by atoms with Crippen LogP contribution >= 0.6 is 24.0 Å². The molecule has 0 radical (unpaired) electrons. The van der Waals surface area contributed by atoms with Gasteiger partial charge in [0, 0.05) is 32.6 Å². The maximum absolute atomic E-state index is 11.8. The molecule has 0 saturated heterocycles. The first-order chi connectivity index (χ1) is 9.69. The molecule has 2 aliphatic rings. The molecule has 0 heterocycles. The van der Waals surface area contributed by atoms with Crippen LogP contribution in [0.4, 0.5) is 0 Å². The quantitative estimate of drug-likeness (QED) is 0.272. The molecule has 5 nitrogen and oxygen atoms in total. The first-order valence-electron chi connectivity index (χ1n) is 7.93. The molecule has 0 bridgehead atoms. The van der Waals surface area contributed by atoms with Gasteiger partial charge in [0.05, 0.1) is 0 Å². The fourth-order valence-electron chi connectivity index (χ4n) is 2.83. The summed E-state index contributed by atoms with van der Waals surface area (Å²) in [6.45, 7) is 3.61. The van der Waals surface area contributed by atoms with Crippen molar-refractivity contribution in [3.05, 3.63) is 0 Å². The molecule has 0 aromatic heterocycles. The average Bonchev–Trinajstić information content (AvgIpc) is 2.90. The highest BCUT2D eigenvalue weighted by Gasteiger charge is 2.33. The zero-order valence-corrected chi connectivity index (χ0v) is 15.5. The van der Waals surface area contributed by atoms with Gasteiger partial charge in [-0.05, 0) is 31.1 Å². The van der Waals surface area contributed by atoms with Crippen LogP contribution in [0.25, 0.3) is 0 Å². The van der Waals surface area contributed by atoms with Crippen molar-refractivity contribution in [1.29, 1.82) is 0 Å². The van der Waals surface area contributed by atoms with Gasteiger partial charge in [0.25, 0.3) is 0 Å². The minimum absolute atomic E-state index is 0. The molecular weight excluding hydrogens is 379 g/mol. The number of aliphatic imine (C=N–C) groups is 1. The first-order valence-corrected chi connectivity index (χ1v) is 7.93. The lowest BCUT2D eigenvalue weighted by Crippen LogP contribution is -2.42. The second-order valence-electron chi connectivity index (χ2n) is 6.17. The zero-order valence-electron chi connectivity index (χ0n) is 13.2. The summed E-state index contributed by atoms with van der Waals surface area (Å²) >= 11 is 0. The fourth-order valence-corrected chi connectivity index (χ4v) is 2.83. The Hall–Kier alpha value is -0.530. The highest BCUT2D eigenvalue weighted by molar-refractivity contribution is 14.0. The van der Waals surface area contributed by atoms with E-state index in [1.165, 1.54) is 32.1 Å². The molecule has 1 amide bonds. The third-order valence-corrected chi connectivity index (χ3v) is 4.34. The Morgan fingerprint density at radius 3 is 2.38 bits per heavy atom. The summed E-state index contributed by atoms with van der Waals surface area (Å²) in [5.74, 6) is 2.40. The van der Waals surface area contributed by atoms with Gasteiger partial charge >= 0.3 is 0 Å². The lowest BCUT2D eigenvalue weighted by molar-refractivity contribution is -0.121. The molecule has 2 rings (SSSR count). The van der Waals surface area contributed by atoms with E-state index >= 15 is 0 Å². The molecule has 0 aromatic carbocycles. The number of rotatable bonds is 6. The monoisotopic (exact) mass is 408 g/mol. The van der Waals surface area contributed by atoms with Crippen molar-refractivity contribution in [2.24, 2.45) is 16.8 Å². The van der Waals surface area contributed by atoms with Crippen molar-refractivity contribution >= 4 is 35.8 Å². The molecule has 2 saturated carbocycles. The molecule has 2 atom stereocenters. The summed E-state index contributed by atoms with van der Waals surface area (Å²) < 4.78 is 0. The molecule has 3 N–H and O–H groups in total. The highest BCUT2D eigenvalue weighted by atomic mass is 127. The van der Waals surface area contributed by atoms with Crippen molar-refractivity contribution in [2.45, 2.75) is 51.5 Å². The van der Waals surface area contributed by atoms with Crippen LogP contribution in [-0.2, 0) is 4.79 Å². The number of nitrogens with zero attached hydrogens (tertiary/aromatic N) is 1. The third kappa shape index (κ3) is 6.84. The maximum Gasteiger partial charge on any atom is 0.220 e. The second kappa shape index (κ2) is 9.48. The zero-order chi connectivity index (χ0) is 14.4. The van der Waals surface area contributed by atoms with E-state index < -0.39 is 0 Å². The van der Waals surface area contributed by atoms with E-state index in [1.807, 2.05) is 0 Å². The lowest BCUT2D eigenvalue weighted by atomic mass is 10.0. The van der Waals surface area contributed by atoms with E-state index in [1.54, 1.807) is 7.05 Å². The molecule has 2 fully saturated rings. The highest BCUT2D eigenvalue weighted by Crippen LogP contribution is 2.28. The standard InChI is InChI=1S/C15H28N4O.HI/c1-11-9-13(11)19-15(16-2)18-8-7-17-14(20)10-12-5-3-4-6-12;/h11-13H,3-10H2,1-2H3,(H,17,20)(H2,16,18,19);1H. The molecular formula is C15H29IN4O. The van der Waals surface area contributed by atoms with E-state index in [4.69, 9.17) is 0 Å². The number of carbonyl (C=O) groups is 1. The van der Waals surface area contributed by atoms with Crippen LogP contribution in [-0.4, -0.2) is 38.0 Å². The van der Waals surface area contributed by atoms with E-state index in [0.29, 0.717) is 24.9 Å². The van der Waals surface area contributed by atoms with Gasteiger partial charge < -0.3 is 16.0 Å². The Labute approximate surface area is 145 Å². The Morgan fingerprint density at radius 2 is 1.81 bits per heavy atom. The summed E-state index contributed by atoms with van der Waals surface area (Å²) in [5, 5.41) is 9.58. The van der Waals surface area contributed by atoms with Gasteiger partial charge in [0.2, 0.25) is 5.91 Å². The largest absolute Gasteiger partial charge is 0.355 e. The van der Waals surface area contributed by atoms with Crippen molar-refractivity contribution in [1.82, 2.24) is 16.0 Å². The molecule has 122 valence electrons. The number of hydrogen-bond donors (Lipinski definition) is 3. The Morgan fingerprint density at radius 1 is 1.19 bits per heavy atom. The van der Waals surface area contributed by atoms with Gasteiger partial charge in [-0.3, -0.25) is 9.79 Å². The number of guanidine groups is 1. The van der Waals surface area contributed by atoms with E-state index in [9.17, 15) is 4.79 Å². The number of amides is 1. The van der Waals surface area contributed by atoms with E-state index in [-0.39, 0.29) is 29.9 Å². The molecule has 21 heavy (non-hydrogen) atoms. The van der Waals surface area contributed by atoms with Crippen LogP contribution in [0, 0.1) is 11.8 Å². The minimum Gasteiger partial charge on any atom is -0.355 e. The minimum atomic E-state index is 0. The van der Waals surface area contributed by atoms with Crippen LogP contribution < -0.4 is 16.0 Å². The Bertz CT molecular complexity index is 356. The summed E-state index contributed by atoms with van der Waals surface area (Å²) in [6.07, 6.45) is 6.96.